The number of pyridine rings is 2. The lowest BCUT2D eigenvalue weighted by molar-refractivity contribution is 0.667. The maximum atomic E-state index is 6.33. The lowest BCUT2D eigenvalue weighted by Crippen LogP contribution is -2.12. The standard InChI is InChI=1S/C28H17N3O2/c1-2-8-18(9-3-1)31(21-14-16-29-26-20-11-5-7-13-23(20)33-27(21)26)28-25-19-10-4-6-12-22(19)32-24(25)15-17-30-28/h1-17H. The SMILES string of the molecule is c1ccc(N(c2ccnc3c2oc2ccccc23)c2nccc3oc4ccccc4c23)cc1. The van der Waals surface area contributed by atoms with Crippen LogP contribution in [0, 0.1) is 0 Å². The second-order valence-corrected chi connectivity index (χ2v) is 7.88. The third-order valence-corrected chi connectivity index (χ3v) is 5.97. The van der Waals surface area contributed by atoms with E-state index in [2.05, 4.69) is 28.1 Å². The van der Waals surface area contributed by atoms with Crippen LogP contribution >= 0.6 is 0 Å². The van der Waals surface area contributed by atoms with E-state index in [0.717, 1.165) is 55.6 Å². The second kappa shape index (κ2) is 6.93. The van der Waals surface area contributed by atoms with Gasteiger partial charge in [-0.25, -0.2) is 4.98 Å². The van der Waals surface area contributed by atoms with Gasteiger partial charge in [-0.15, -0.1) is 0 Å². The topological polar surface area (TPSA) is 55.3 Å². The summed E-state index contributed by atoms with van der Waals surface area (Å²) in [6.45, 7) is 0. The lowest BCUT2D eigenvalue weighted by Gasteiger charge is -2.24. The van der Waals surface area contributed by atoms with Gasteiger partial charge in [-0.2, -0.15) is 0 Å². The Morgan fingerprint density at radius 2 is 1.27 bits per heavy atom. The Labute approximate surface area is 188 Å². The van der Waals surface area contributed by atoms with Crippen molar-refractivity contribution >= 4 is 61.2 Å². The molecule has 0 N–H and O–H groups in total. The van der Waals surface area contributed by atoms with Crippen LogP contribution in [0.2, 0.25) is 0 Å². The van der Waals surface area contributed by atoms with Crippen molar-refractivity contribution < 1.29 is 8.83 Å². The molecule has 0 spiro atoms. The molecule has 0 saturated heterocycles. The Bertz CT molecular complexity index is 1780. The zero-order valence-corrected chi connectivity index (χ0v) is 17.5. The van der Waals surface area contributed by atoms with Crippen molar-refractivity contribution in [1.82, 2.24) is 9.97 Å². The van der Waals surface area contributed by atoms with E-state index in [-0.39, 0.29) is 0 Å². The third kappa shape index (κ3) is 2.66. The predicted octanol–water partition coefficient (Wildman–Crippen LogP) is 7.75. The fourth-order valence-corrected chi connectivity index (χ4v) is 4.54. The molecule has 0 unspecified atom stereocenters. The van der Waals surface area contributed by atoms with Crippen LogP contribution in [0.15, 0.2) is 112 Å². The number of benzene rings is 3. The fraction of sp³-hybridized carbons (Fsp3) is 0. The summed E-state index contributed by atoms with van der Waals surface area (Å²) in [6, 6.07) is 30.1. The predicted molar refractivity (Wildman–Crippen MR) is 131 cm³/mol. The van der Waals surface area contributed by atoms with Crippen LogP contribution < -0.4 is 4.90 Å². The average Bonchev–Trinajstić information content (AvgIpc) is 3.44. The van der Waals surface area contributed by atoms with E-state index >= 15 is 0 Å². The number of fused-ring (bicyclic) bond motifs is 6. The molecule has 4 heterocycles. The highest BCUT2D eigenvalue weighted by Crippen LogP contribution is 2.44. The first-order valence-corrected chi connectivity index (χ1v) is 10.8. The summed E-state index contributed by atoms with van der Waals surface area (Å²) in [6.07, 6.45) is 3.61. The van der Waals surface area contributed by atoms with E-state index < -0.39 is 0 Å². The molecular formula is C28H17N3O2. The summed E-state index contributed by atoms with van der Waals surface area (Å²) in [7, 11) is 0. The number of para-hydroxylation sites is 3. The summed E-state index contributed by atoms with van der Waals surface area (Å²) < 4.78 is 12.5. The quantitative estimate of drug-likeness (QED) is 0.289. The molecule has 0 aliphatic heterocycles. The third-order valence-electron chi connectivity index (χ3n) is 5.97. The van der Waals surface area contributed by atoms with Gasteiger partial charge in [-0.3, -0.25) is 9.88 Å². The number of rotatable bonds is 3. The molecule has 0 radical (unpaired) electrons. The zero-order chi connectivity index (χ0) is 21.8. The van der Waals surface area contributed by atoms with Gasteiger partial charge in [0.05, 0.1) is 11.1 Å². The lowest BCUT2D eigenvalue weighted by atomic mass is 10.1. The average molecular weight is 427 g/mol. The summed E-state index contributed by atoms with van der Waals surface area (Å²) in [5, 5.41) is 2.96. The van der Waals surface area contributed by atoms with Gasteiger partial charge in [0.2, 0.25) is 0 Å². The highest BCUT2D eigenvalue weighted by molar-refractivity contribution is 6.14. The van der Waals surface area contributed by atoms with Crippen molar-refractivity contribution in [2.45, 2.75) is 0 Å². The number of anilines is 3. The molecule has 7 aromatic rings. The highest BCUT2D eigenvalue weighted by atomic mass is 16.3. The molecule has 0 atom stereocenters. The Kier molecular flexibility index (Phi) is 3.78. The number of aromatic nitrogens is 2. The van der Waals surface area contributed by atoms with E-state index in [1.165, 1.54) is 0 Å². The number of hydrogen-bond acceptors (Lipinski definition) is 5. The van der Waals surface area contributed by atoms with Crippen molar-refractivity contribution in [3.8, 4) is 0 Å². The van der Waals surface area contributed by atoms with E-state index in [0.29, 0.717) is 5.58 Å². The Morgan fingerprint density at radius 1 is 0.576 bits per heavy atom. The zero-order valence-electron chi connectivity index (χ0n) is 17.5. The molecule has 33 heavy (non-hydrogen) atoms. The molecule has 7 rings (SSSR count). The van der Waals surface area contributed by atoms with Crippen molar-refractivity contribution in [2.75, 3.05) is 4.90 Å². The van der Waals surface area contributed by atoms with Crippen LogP contribution in [0.5, 0.6) is 0 Å². The molecule has 5 heteroatoms. The molecule has 0 saturated carbocycles. The number of furan rings is 2. The van der Waals surface area contributed by atoms with Gasteiger partial charge in [0, 0.05) is 28.9 Å². The molecule has 4 aromatic heterocycles. The first-order valence-electron chi connectivity index (χ1n) is 10.8. The minimum Gasteiger partial charge on any atom is -0.456 e. The van der Waals surface area contributed by atoms with E-state index in [1.807, 2.05) is 79.0 Å². The summed E-state index contributed by atoms with van der Waals surface area (Å²) in [4.78, 5) is 11.6. The molecular weight excluding hydrogens is 410 g/mol. The monoisotopic (exact) mass is 427 g/mol. The maximum absolute atomic E-state index is 6.33. The molecule has 156 valence electrons. The molecule has 0 amide bonds. The van der Waals surface area contributed by atoms with Gasteiger partial charge >= 0.3 is 0 Å². The van der Waals surface area contributed by atoms with Crippen LogP contribution in [0.3, 0.4) is 0 Å². The molecule has 3 aromatic carbocycles. The van der Waals surface area contributed by atoms with Gasteiger partial charge in [0.1, 0.15) is 28.1 Å². The summed E-state index contributed by atoms with van der Waals surface area (Å²) in [5.41, 5.74) is 5.81. The van der Waals surface area contributed by atoms with Crippen LogP contribution in [-0.4, -0.2) is 9.97 Å². The van der Waals surface area contributed by atoms with Gasteiger partial charge in [-0.1, -0.05) is 48.5 Å². The first kappa shape index (κ1) is 18.0. The fourth-order valence-electron chi connectivity index (χ4n) is 4.54. The molecule has 0 bridgehead atoms. The van der Waals surface area contributed by atoms with Gasteiger partial charge in [-0.05, 0) is 42.5 Å². The van der Waals surface area contributed by atoms with Crippen molar-refractivity contribution in [3.63, 3.8) is 0 Å². The molecule has 5 nitrogen and oxygen atoms in total. The summed E-state index contributed by atoms with van der Waals surface area (Å²) in [5.74, 6) is 0.775. The van der Waals surface area contributed by atoms with Crippen LogP contribution in [0.4, 0.5) is 17.2 Å². The van der Waals surface area contributed by atoms with Crippen LogP contribution in [0.1, 0.15) is 0 Å². The van der Waals surface area contributed by atoms with Gasteiger partial charge in [0.15, 0.2) is 5.58 Å². The largest absolute Gasteiger partial charge is 0.456 e. The normalized spacial score (nSPS) is 11.6. The maximum Gasteiger partial charge on any atom is 0.177 e. The number of nitrogens with zero attached hydrogens (tertiary/aromatic N) is 3. The highest BCUT2D eigenvalue weighted by Gasteiger charge is 2.24. The van der Waals surface area contributed by atoms with Gasteiger partial charge < -0.3 is 8.83 Å². The summed E-state index contributed by atoms with van der Waals surface area (Å²) >= 11 is 0. The molecule has 0 aliphatic rings. The molecule has 0 aliphatic carbocycles. The van der Waals surface area contributed by atoms with Gasteiger partial charge in [0.25, 0.3) is 0 Å². The molecule has 0 fully saturated rings. The van der Waals surface area contributed by atoms with E-state index in [9.17, 15) is 0 Å². The van der Waals surface area contributed by atoms with Crippen molar-refractivity contribution in [1.29, 1.82) is 0 Å². The Balaban J connectivity index is 1.60. The number of hydrogen-bond donors (Lipinski definition) is 0. The van der Waals surface area contributed by atoms with Crippen LogP contribution in [0.25, 0.3) is 44.0 Å². The van der Waals surface area contributed by atoms with Crippen molar-refractivity contribution in [2.24, 2.45) is 0 Å². The Hall–Kier alpha value is -4.64. The minimum atomic E-state index is 0.717. The smallest absolute Gasteiger partial charge is 0.177 e. The second-order valence-electron chi connectivity index (χ2n) is 7.88. The van der Waals surface area contributed by atoms with E-state index in [4.69, 9.17) is 13.8 Å². The van der Waals surface area contributed by atoms with E-state index in [1.54, 1.807) is 6.20 Å². The Morgan fingerprint density at radius 3 is 2.12 bits per heavy atom. The minimum absolute atomic E-state index is 0.717. The van der Waals surface area contributed by atoms with Crippen LogP contribution in [-0.2, 0) is 0 Å². The first-order chi connectivity index (χ1) is 16.4. The van der Waals surface area contributed by atoms with Crippen molar-refractivity contribution in [3.05, 3.63) is 103 Å².